The Balaban J connectivity index is 1.21. The van der Waals surface area contributed by atoms with Gasteiger partial charge in [-0.25, -0.2) is 4.39 Å². The molecule has 1 fully saturated rings. The first-order valence-corrected chi connectivity index (χ1v) is 13.7. The molecular formula is C28H26FN5O3S2. The van der Waals surface area contributed by atoms with Crippen molar-refractivity contribution in [3.8, 4) is 11.5 Å². The molecule has 1 atom stereocenters. The Labute approximate surface area is 234 Å². The Morgan fingerprint density at radius 2 is 1.97 bits per heavy atom. The molecule has 0 bridgehead atoms. The van der Waals surface area contributed by atoms with E-state index in [4.69, 9.17) is 17.0 Å². The van der Waals surface area contributed by atoms with Gasteiger partial charge in [-0.3, -0.25) is 14.6 Å². The summed E-state index contributed by atoms with van der Waals surface area (Å²) in [6, 6.07) is 16.9. The molecule has 0 saturated carbocycles. The Bertz CT molecular complexity index is 1510. The monoisotopic (exact) mass is 563 g/mol. The van der Waals surface area contributed by atoms with Gasteiger partial charge in [-0.1, -0.05) is 30.3 Å². The summed E-state index contributed by atoms with van der Waals surface area (Å²) < 4.78 is 21.5. The van der Waals surface area contributed by atoms with Crippen LogP contribution in [0.5, 0.6) is 11.5 Å². The quantitative estimate of drug-likeness (QED) is 0.232. The molecule has 3 heterocycles. The molecule has 2 aromatic carbocycles. The van der Waals surface area contributed by atoms with Gasteiger partial charge in [0.15, 0.2) is 16.7 Å². The number of aromatic nitrogens is 1. The molecule has 1 aliphatic rings. The Hall–Kier alpha value is -3.93. The maximum atomic E-state index is 14.9. The third kappa shape index (κ3) is 6.94. The van der Waals surface area contributed by atoms with Gasteiger partial charge < -0.3 is 26.0 Å². The summed E-state index contributed by atoms with van der Waals surface area (Å²) in [5.41, 5.74) is 1.81. The molecule has 11 heteroatoms. The summed E-state index contributed by atoms with van der Waals surface area (Å²) in [6.45, 7) is 2.49. The fraction of sp³-hybridized carbons (Fsp3) is 0.214. The summed E-state index contributed by atoms with van der Waals surface area (Å²) in [7, 11) is 0. The normalized spacial score (nSPS) is 14.6. The number of nitrogens with zero attached hydrogens (tertiary/aromatic N) is 1. The minimum absolute atomic E-state index is 0.000200. The van der Waals surface area contributed by atoms with Gasteiger partial charge >= 0.3 is 0 Å². The lowest BCUT2D eigenvalue weighted by molar-refractivity contribution is -0.119. The van der Waals surface area contributed by atoms with Crippen molar-refractivity contribution in [1.29, 1.82) is 0 Å². The molecule has 2 aromatic heterocycles. The fourth-order valence-corrected chi connectivity index (χ4v) is 5.43. The van der Waals surface area contributed by atoms with Gasteiger partial charge in [0.2, 0.25) is 5.91 Å². The van der Waals surface area contributed by atoms with E-state index in [1.165, 1.54) is 23.5 Å². The number of thiophene rings is 1. The predicted octanol–water partition coefficient (Wildman–Crippen LogP) is 4.62. The van der Waals surface area contributed by atoms with Crippen molar-refractivity contribution in [1.82, 2.24) is 20.9 Å². The zero-order valence-corrected chi connectivity index (χ0v) is 22.5. The van der Waals surface area contributed by atoms with Crippen LogP contribution >= 0.6 is 23.6 Å². The van der Waals surface area contributed by atoms with E-state index in [0.717, 1.165) is 25.1 Å². The number of nitrogens with one attached hydrogen (secondary N) is 4. The van der Waals surface area contributed by atoms with Crippen LogP contribution in [0.15, 0.2) is 66.9 Å². The number of rotatable bonds is 8. The van der Waals surface area contributed by atoms with Crippen molar-refractivity contribution in [3.63, 3.8) is 0 Å². The van der Waals surface area contributed by atoms with Crippen LogP contribution in [0.1, 0.15) is 21.7 Å². The molecular weight excluding hydrogens is 537 g/mol. The highest BCUT2D eigenvalue weighted by Crippen LogP contribution is 2.36. The van der Waals surface area contributed by atoms with E-state index in [0.29, 0.717) is 39.0 Å². The predicted molar refractivity (Wildman–Crippen MR) is 154 cm³/mol. The van der Waals surface area contributed by atoms with Crippen LogP contribution in [0.25, 0.3) is 10.2 Å². The minimum Gasteiger partial charge on any atom is -0.453 e. The standard InChI is InChI=1S/C28H26FN5O3S2/c29-20-13-19(33-28(38)34-25(35)12-17-4-2-1-3-5-17)6-7-22(20)37-23-9-11-31-21-14-24(39-26(21)23)27(36)32-16-18-8-10-30-15-18/h1-7,9,11,13-14,18,30H,8,10,12,15-16H2,(H,32,36)(H2,33,34,35,38)/t18-/m0/s1. The molecule has 1 aliphatic heterocycles. The van der Waals surface area contributed by atoms with Crippen LogP contribution in [0.4, 0.5) is 10.1 Å². The fourth-order valence-electron chi connectivity index (χ4n) is 4.21. The van der Waals surface area contributed by atoms with Crippen LogP contribution < -0.4 is 26.0 Å². The van der Waals surface area contributed by atoms with Crippen molar-refractivity contribution in [2.24, 2.45) is 5.92 Å². The van der Waals surface area contributed by atoms with E-state index in [1.807, 2.05) is 30.3 Å². The zero-order chi connectivity index (χ0) is 27.2. The third-order valence-electron chi connectivity index (χ3n) is 6.18. The average Bonchev–Trinajstić information content (AvgIpc) is 3.60. The van der Waals surface area contributed by atoms with Crippen molar-refractivity contribution in [2.75, 3.05) is 25.0 Å². The van der Waals surface area contributed by atoms with Gasteiger partial charge in [-0.15, -0.1) is 11.3 Å². The summed E-state index contributed by atoms with van der Waals surface area (Å²) in [5, 5.41) is 11.7. The van der Waals surface area contributed by atoms with Crippen LogP contribution in [-0.4, -0.2) is 41.5 Å². The highest BCUT2D eigenvalue weighted by molar-refractivity contribution is 7.80. The molecule has 0 aliphatic carbocycles. The molecule has 0 radical (unpaired) electrons. The van der Waals surface area contributed by atoms with E-state index in [2.05, 4.69) is 26.3 Å². The van der Waals surface area contributed by atoms with Crippen molar-refractivity contribution >= 4 is 56.4 Å². The number of ether oxygens (including phenoxy) is 1. The molecule has 0 unspecified atom stereocenters. The average molecular weight is 564 g/mol. The Kier molecular flexibility index (Phi) is 8.40. The van der Waals surface area contributed by atoms with Crippen LogP contribution in [0, 0.1) is 11.7 Å². The van der Waals surface area contributed by atoms with E-state index >= 15 is 0 Å². The number of halogens is 1. The van der Waals surface area contributed by atoms with Crippen molar-refractivity contribution in [2.45, 2.75) is 12.8 Å². The number of hydrogen-bond donors (Lipinski definition) is 4. The smallest absolute Gasteiger partial charge is 0.261 e. The first-order chi connectivity index (χ1) is 18.9. The highest BCUT2D eigenvalue weighted by Gasteiger charge is 2.19. The lowest BCUT2D eigenvalue weighted by Gasteiger charge is -2.12. The molecule has 200 valence electrons. The second-order valence-electron chi connectivity index (χ2n) is 9.11. The number of thiocarbonyl (C=S) groups is 1. The van der Waals surface area contributed by atoms with E-state index in [1.54, 1.807) is 24.4 Å². The summed E-state index contributed by atoms with van der Waals surface area (Å²) in [6.07, 6.45) is 2.77. The van der Waals surface area contributed by atoms with E-state index in [-0.39, 0.29) is 29.1 Å². The molecule has 8 nitrogen and oxygen atoms in total. The van der Waals surface area contributed by atoms with Gasteiger partial charge in [0.05, 0.1) is 21.5 Å². The van der Waals surface area contributed by atoms with Crippen LogP contribution in [0.2, 0.25) is 0 Å². The largest absolute Gasteiger partial charge is 0.453 e. The zero-order valence-electron chi connectivity index (χ0n) is 20.8. The van der Waals surface area contributed by atoms with Gasteiger partial charge in [0, 0.05) is 30.6 Å². The van der Waals surface area contributed by atoms with Gasteiger partial charge in [-0.2, -0.15) is 0 Å². The Morgan fingerprint density at radius 3 is 2.74 bits per heavy atom. The number of amides is 2. The maximum absolute atomic E-state index is 14.9. The number of anilines is 1. The highest BCUT2D eigenvalue weighted by atomic mass is 32.1. The SMILES string of the molecule is O=C(Cc1ccccc1)NC(=S)Nc1ccc(Oc2ccnc3cc(C(=O)NC[C@H]4CCNC4)sc23)c(F)c1. The third-order valence-corrected chi connectivity index (χ3v) is 7.53. The van der Waals surface area contributed by atoms with Crippen molar-refractivity contribution in [3.05, 3.63) is 83.1 Å². The second-order valence-corrected chi connectivity index (χ2v) is 10.6. The van der Waals surface area contributed by atoms with E-state index < -0.39 is 5.82 Å². The summed E-state index contributed by atoms with van der Waals surface area (Å²) >= 11 is 6.45. The summed E-state index contributed by atoms with van der Waals surface area (Å²) in [4.78, 5) is 29.8. The Morgan fingerprint density at radius 1 is 1.13 bits per heavy atom. The molecule has 4 N–H and O–H groups in total. The number of carbonyl (C=O) groups is 2. The molecule has 2 amide bonds. The lowest BCUT2D eigenvalue weighted by atomic mass is 10.1. The lowest BCUT2D eigenvalue weighted by Crippen LogP contribution is -2.35. The number of benzene rings is 2. The maximum Gasteiger partial charge on any atom is 0.261 e. The summed E-state index contributed by atoms with van der Waals surface area (Å²) in [5.74, 6) is -0.235. The van der Waals surface area contributed by atoms with Gasteiger partial charge in [0.1, 0.15) is 5.75 Å². The number of carbonyl (C=O) groups excluding carboxylic acids is 2. The molecule has 1 saturated heterocycles. The first kappa shape index (κ1) is 26.7. The van der Waals surface area contributed by atoms with Crippen LogP contribution in [-0.2, 0) is 11.2 Å². The minimum atomic E-state index is -0.622. The molecule has 5 rings (SSSR count). The van der Waals surface area contributed by atoms with E-state index in [9.17, 15) is 14.0 Å². The van der Waals surface area contributed by atoms with Gasteiger partial charge in [-0.05, 0) is 61.4 Å². The molecule has 0 spiro atoms. The first-order valence-electron chi connectivity index (χ1n) is 12.4. The molecule has 4 aromatic rings. The molecule has 39 heavy (non-hydrogen) atoms. The number of hydrogen-bond acceptors (Lipinski definition) is 7. The number of pyridine rings is 1. The van der Waals surface area contributed by atoms with Crippen LogP contribution in [0.3, 0.4) is 0 Å². The van der Waals surface area contributed by atoms with Crippen molar-refractivity contribution < 1.29 is 18.7 Å². The number of fused-ring (bicyclic) bond motifs is 1. The second kappa shape index (κ2) is 12.3. The van der Waals surface area contributed by atoms with Gasteiger partial charge in [0.25, 0.3) is 5.91 Å². The topological polar surface area (TPSA) is 104 Å².